The number of rotatable bonds is 7. The van der Waals surface area contributed by atoms with Crippen molar-refractivity contribution in [3.05, 3.63) is 228 Å². The van der Waals surface area contributed by atoms with Crippen LogP contribution in [0.2, 0.25) is 0 Å². The molecule has 0 bridgehead atoms. The highest BCUT2D eigenvalue weighted by atomic mass is 15.2. The lowest BCUT2D eigenvalue weighted by molar-refractivity contribution is 0.589. The first-order valence-corrected chi connectivity index (χ1v) is 27.4. The van der Waals surface area contributed by atoms with Crippen molar-refractivity contribution in [2.75, 3.05) is 15.1 Å². The van der Waals surface area contributed by atoms with Crippen LogP contribution in [0.15, 0.2) is 194 Å². The second-order valence-electron chi connectivity index (χ2n) is 25.3. The molecule has 0 spiro atoms. The van der Waals surface area contributed by atoms with Crippen LogP contribution in [0.5, 0.6) is 0 Å². The lowest BCUT2D eigenvalue weighted by Crippen LogP contribution is -2.41. The molecule has 0 saturated heterocycles. The van der Waals surface area contributed by atoms with E-state index in [1.54, 1.807) is 0 Å². The largest absolute Gasteiger partial charge is 0.355 e. The van der Waals surface area contributed by atoms with Crippen LogP contribution >= 0.6 is 0 Å². The van der Waals surface area contributed by atoms with Gasteiger partial charge < -0.3 is 15.1 Å². The molecule has 1 aliphatic heterocycles. The van der Waals surface area contributed by atoms with E-state index in [0.29, 0.717) is 0 Å². The van der Waals surface area contributed by atoms with Gasteiger partial charge in [-0.25, -0.2) is 0 Å². The van der Waals surface area contributed by atoms with Gasteiger partial charge in [0.2, 0.25) is 0 Å². The van der Waals surface area contributed by atoms with Crippen molar-refractivity contribution in [1.82, 2.24) is 0 Å². The van der Waals surface area contributed by atoms with E-state index >= 15 is 0 Å². The fourth-order valence-corrected chi connectivity index (χ4v) is 12.2. The summed E-state index contributed by atoms with van der Waals surface area (Å²) in [7, 11) is 0.763. The first-order valence-electron chi connectivity index (χ1n) is 27.4. The predicted octanol–water partition coefficient (Wildman–Crippen LogP) is 18.6. The molecule has 0 amide bonds. The molecule has 4 heteroatoms. The van der Waals surface area contributed by atoms with Crippen LogP contribution in [-0.4, -0.2) is 7.28 Å². The minimum absolute atomic E-state index is 0.00231. The summed E-state index contributed by atoms with van der Waals surface area (Å²) in [6.45, 7) is 27.7. The van der Waals surface area contributed by atoms with Crippen molar-refractivity contribution in [2.24, 2.45) is 0 Å². The topological polar surface area (TPSA) is 18.5 Å². The average molecular weight is 988 g/mol. The van der Waals surface area contributed by atoms with Crippen LogP contribution in [0.3, 0.4) is 0 Å². The maximum absolute atomic E-state index is 4.06. The number of benzene rings is 10. The molecule has 0 saturated carbocycles. The van der Waals surface area contributed by atoms with Gasteiger partial charge in [-0.1, -0.05) is 203 Å². The third kappa shape index (κ3) is 8.47. The average Bonchev–Trinajstić information content (AvgIpc) is 3.76. The van der Waals surface area contributed by atoms with Crippen molar-refractivity contribution < 1.29 is 0 Å². The summed E-state index contributed by atoms with van der Waals surface area (Å²) in [5.41, 5.74) is 24.7. The SMILES string of the molecule is Cc1cc(C(C)(C)C)ccc1N1c2cc(N(c3ccc(C(C)(C)C)cc3)c3ccc(C(C)(C)C)cc3)ccc2Bc2c(-c3cc4ccccc4cc3Nc3ccc4c(c3)C(C)(C)c3ccccc3-4)cc3ccccc3c21. The molecule has 12 rings (SSSR count). The Morgan fingerprint density at radius 1 is 0.447 bits per heavy atom. The Morgan fingerprint density at radius 2 is 1.00 bits per heavy atom. The zero-order chi connectivity index (χ0) is 53.1. The highest BCUT2D eigenvalue weighted by Gasteiger charge is 2.36. The number of aryl methyl sites for hydroxylation is 1. The van der Waals surface area contributed by atoms with Crippen molar-refractivity contribution >= 4 is 85.2 Å². The van der Waals surface area contributed by atoms with E-state index in [2.05, 4.69) is 292 Å². The molecule has 2 aliphatic rings. The van der Waals surface area contributed by atoms with Gasteiger partial charge in [0.25, 0.3) is 0 Å². The van der Waals surface area contributed by atoms with Crippen LogP contribution in [0.25, 0.3) is 43.8 Å². The fourth-order valence-electron chi connectivity index (χ4n) is 12.2. The molecule has 1 N–H and O–H groups in total. The summed E-state index contributed by atoms with van der Waals surface area (Å²) in [6.07, 6.45) is 0. The second-order valence-corrected chi connectivity index (χ2v) is 25.3. The number of nitrogens with zero attached hydrogens (tertiary/aromatic N) is 2. The van der Waals surface area contributed by atoms with Crippen LogP contribution in [0.4, 0.5) is 45.5 Å². The lowest BCUT2D eigenvalue weighted by Gasteiger charge is -2.38. The Morgan fingerprint density at radius 3 is 1.64 bits per heavy atom. The van der Waals surface area contributed by atoms with Gasteiger partial charge in [-0.3, -0.25) is 0 Å². The molecular weight excluding hydrogens is 918 g/mol. The van der Waals surface area contributed by atoms with Crippen molar-refractivity contribution in [2.45, 2.75) is 105 Å². The van der Waals surface area contributed by atoms with Crippen molar-refractivity contribution in [3.63, 3.8) is 0 Å². The third-order valence-corrected chi connectivity index (χ3v) is 16.6. The van der Waals surface area contributed by atoms with Gasteiger partial charge in [-0.05, 0) is 168 Å². The number of hydrogen-bond acceptors (Lipinski definition) is 3. The minimum Gasteiger partial charge on any atom is -0.355 e. The van der Waals surface area contributed by atoms with E-state index in [1.165, 1.54) is 105 Å². The van der Waals surface area contributed by atoms with Crippen molar-refractivity contribution in [3.8, 4) is 22.3 Å². The molecule has 0 aromatic heterocycles. The van der Waals surface area contributed by atoms with E-state index in [1.807, 2.05) is 0 Å². The molecule has 76 heavy (non-hydrogen) atoms. The molecule has 0 unspecified atom stereocenters. The highest BCUT2D eigenvalue weighted by Crippen LogP contribution is 2.51. The Bertz CT molecular complexity index is 3860. The standard InChI is InChI=1S/C72H70BN3/c1-45-39-51(71(8,9)10)29-38-65(45)76-66-44-55(75(53-31-25-49(26-32-53)69(2,3)4)54-33-27-50(28-34-54)70(5,6)7)35-37-63(66)73-67-60(41-48-21-15-16-22-56(48)68(67)76)59-40-46-19-13-14-20-47(46)42-64(59)74-52-30-36-58-57-23-17-18-24-61(57)72(11,12)62(58)43-52/h13-44,73-74H,1-12H3. The summed E-state index contributed by atoms with van der Waals surface area (Å²) in [6, 6.07) is 73.8. The Balaban J connectivity index is 1.08. The summed E-state index contributed by atoms with van der Waals surface area (Å²) < 4.78 is 0. The minimum atomic E-state index is -0.113. The van der Waals surface area contributed by atoms with Gasteiger partial charge in [0, 0.05) is 61.9 Å². The Hall–Kier alpha value is -7.82. The molecule has 10 aromatic carbocycles. The Labute approximate surface area is 452 Å². The van der Waals surface area contributed by atoms with Gasteiger partial charge in [0.1, 0.15) is 0 Å². The van der Waals surface area contributed by atoms with E-state index in [4.69, 9.17) is 0 Å². The van der Waals surface area contributed by atoms with E-state index in [9.17, 15) is 0 Å². The van der Waals surface area contributed by atoms with E-state index in [0.717, 1.165) is 35.7 Å². The van der Waals surface area contributed by atoms with Crippen LogP contribution < -0.4 is 26.0 Å². The lowest BCUT2D eigenvalue weighted by atomic mass is 9.57. The molecule has 1 heterocycles. The van der Waals surface area contributed by atoms with E-state index < -0.39 is 0 Å². The van der Waals surface area contributed by atoms with Crippen LogP contribution in [0.1, 0.15) is 110 Å². The second kappa shape index (κ2) is 17.9. The molecule has 1 aliphatic carbocycles. The summed E-state index contributed by atoms with van der Waals surface area (Å²) in [4.78, 5) is 5.06. The van der Waals surface area contributed by atoms with E-state index in [-0.39, 0.29) is 21.7 Å². The number of fused-ring (bicyclic) bond motifs is 8. The van der Waals surface area contributed by atoms with Crippen molar-refractivity contribution in [1.29, 1.82) is 0 Å². The first-order chi connectivity index (χ1) is 36.2. The number of anilines is 8. The smallest absolute Gasteiger partial charge is 0.198 e. The van der Waals surface area contributed by atoms with Gasteiger partial charge in [-0.2, -0.15) is 0 Å². The summed E-state index contributed by atoms with van der Waals surface area (Å²) in [5, 5.41) is 8.92. The zero-order valence-electron chi connectivity index (χ0n) is 46.6. The molecule has 0 atom stereocenters. The number of hydrogen-bond donors (Lipinski definition) is 1. The monoisotopic (exact) mass is 988 g/mol. The molecular formula is C72H70BN3. The molecule has 3 nitrogen and oxygen atoms in total. The normalized spacial score (nSPS) is 13.7. The number of nitrogens with one attached hydrogen (secondary N) is 1. The molecule has 376 valence electrons. The van der Waals surface area contributed by atoms with Crippen LogP contribution in [0, 0.1) is 6.92 Å². The van der Waals surface area contributed by atoms with Gasteiger partial charge >= 0.3 is 0 Å². The zero-order valence-corrected chi connectivity index (χ0v) is 46.6. The van der Waals surface area contributed by atoms with Gasteiger partial charge in [0.15, 0.2) is 7.28 Å². The maximum atomic E-state index is 4.06. The summed E-state index contributed by atoms with van der Waals surface area (Å²) >= 11 is 0. The molecule has 0 radical (unpaired) electrons. The quantitative estimate of drug-likeness (QED) is 0.161. The first kappa shape index (κ1) is 49.1. The maximum Gasteiger partial charge on any atom is 0.198 e. The van der Waals surface area contributed by atoms with Gasteiger partial charge in [0.05, 0.1) is 0 Å². The molecule has 0 fully saturated rings. The summed E-state index contributed by atoms with van der Waals surface area (Å²) in [5.74, 6) is 0. The predicted molar refractivity (Wildman–Crippen MR) is 331 cm³/mol. The Kier molecular flexibility index (Phi) is 11.6. The van der Waals surface area contributed by atoms with Crippen LogP contribution in [-0.2, 0) is 21.7 Å². The third-order valence-electron chi connectivity index (χ3n) is 16.6. The highest BCUT2D eigenvalue weighted by molar-refractivity contribution is 6.74. The fraction of sp³-hybridized carbons (Fsp3) is 0.222. The van der Waals surface area contributed by atoms with Gasteiger partial charge in [-0.15, -0.1) is 0 Å². The molecule has 10 aromatic rings.